The van der Waals surface area contributed by atoms with Crippen LogP contribution in [0.5, 0.6) is 11.5 Å². The van der Waals surface area contributed by atoms with E-state index in [9.17, 15) is 97.8 Å². The van der Waals surface area contributed by atoms with Gasteiger partial charge in [-0.1, -0.05) is 89.0 Å². The molecule has 0 radical (unpaired) electrons. The van der Waals surface area contributed by atoms with E-state index < -0.39 is 240 Å². The number of phenols is 2. The fourth-order valence-electron chi connectivity index (χ4n) is 10.0. The SMILES string of the molecule is C[C@@H]1NC(=O)[C@@H]2CCCN2C(=O)[C@H](CC(=O)O)NC(=O)[C@@H]2CSSC[C@H](N)C(=O)N[C@H]3CSSC[C@H](NC1=O)C(=O)N[C@@H]([C@@H](C)O)C(=O)NCC(=O)N[C@H](C(=O)N[C@@H](Cc1ccc(O)cc1)C(=O)O)CSSC[C@H](NC(=O)[C@H](Cc1ccc(O)cc1)NC(=O)[C@H](CCC(=O)O)NC3=O)C(=O)N2. The van der Waals surface area contributed by atoms with Crippen molar-refractivity contribution in [2.24, 2.45) is 5.73 Å². The number of aromatic hydroxyl groups is 2. The lowest BCUT2D eigenvalue weighted by atomic mass is 10.0. The van der Waals surface area contributed by atoms with Gasteiger partial charge in [-0.3, -0.25) is 71.9 Å². The third-order valence-corrected chi connectivity index (χ3v) is 22.8. The lowest BCUT2D eigenvalue weighted by Gasteiger charge is -2.30. The van der Waals surface area contributed by atoms with E-state index in [1.807, 2.05) is 0 Å². The van der Waals surface area contributed by atoms with Crippen molar-refractivity contribution >= 4 is 159 Å². The number of phenolic OH excluding ortho intramolecular Hbond substituents is 2. The van der Waals surface area contributed by atoms with Crippen LogP contribution in [0.1, 0.15) is 57.1 Å². The molecule has 4 aliphatic heterocycles. The lowest BCUT2D eigenvalue weighted by molar-refractivity contribution is -0.146. The summed E-state index contributed by atoms with van der Waals surface area (Å²) in [5.74, 6) is -22.6. The Kier molecular flexibility index (Phi) is 32.1. The molecule has 2 aromatic carbocycles. The van der Waals surface area contributed by atoms with Crippen LogP contribution >= 0.6 is 64.8 Å². The largest absolute Gasteiger partial charge is 0.508 e. The molecule has 552 valence electrons. The second-order valence-corrected chi connectivity index (χ2v) is 31.1. The molecule has 0 aromatic heterocycles. The second kappa shape index (κ2) is 39.7. The first-order valence-electron chi connectivity index (χ1n) is 31.2. The Labute approximate surface area is 600 Å². The molecule has 4 fully saturated rings. The summed E-state index contributed by atoms with van der Waals surface area (Å²) in [6, 6.07) is -12.1. The summed E-state index contributed by atoms with van der Waals surface area (Å²) in [5, 5.41) is 90.4. The van der Waals surface area contributed by atoms with Gasteiger partial charge in [-0.05, 0) is 68.5 Å². The highest BCUT2D eigenvalue weighted by Crippen LogP contribution is 2.28. The van der Waals surface area contributed by atoms with Gasteiger partial charge in [0.25, 0.3) is 0 Å². The van der Waals surface area contributed by atoms with Crippen molar-refractivity contribution in [1.82, 2.24) is 68.7 Å². The molecule has 4 saturated heterocycles. The number of hydrogen-bond donors (Lipinski definition) is 19. The first-order valence-corrected chi connectivity index (χ1v) is 38.6. The minimum absolute atomic E-state index is 0.0406. The van der Waals surface area contributed by atoms with Crippen molar-refractivity contribution in [3.05, 3.63) is 59.7 Å². The first kappa shape index (κ1) is 81.5. The third-order valence-electron chi connectivity index (χ3n) is 15.5. The van der Waals surface area contributed by atoms with Crippen molar-refractivity contribution in [3.63, 3.8) is 0 Å². The fourth-order valence-corrected chi connectivity index (χ4v) is 17.0. The number of nitrogens with zero attached hydrogens (tertiary/aromatic N) is 1. The van der Waals surface area contributed by atoms with Crippen LogP contribution in [0.25, 0.3) is 0 Å². The number of carbonyl (C=O) groups excluding carboxylic acids is 13. The number of aliphatic hydroxyl groups excluding tert-OH is 1. The molecule has 0 saturated carbocycles. The summed E-state index contributed by atoms with van der Waals surface area (Å²) in [6.07, 6.45) is -5.03. The summed E-state index contributed by atoms with van der Waals surface area (Å²) in [4.78, 5) is 226. The molecule has 2 aromatic rings. The van der Waals surface area contributed by atoms with Crippen molar-refractivity contribution in [1.29, 1.82) is 0 Å². The normalized spacial score (nSPS) is 27.3. The number of carboxylic acids is 3. The molecule has 0 spiro atoms. The standard InChI is InChI=1S/C59H78N14O22S6/c1-26-47(82)68-41-25-101-99-22-38-52(87)64-33(13-14-44(78)79)49(84)65-34(16-28-5-9-30(75)10-6-28)50(85)70-40(54(89)71-39(23-97-96-20-32(60)48(83)69-38)53(88)66-35(18-45(80)81)58(93)73-15-3-4-42(73)56(91)62-26)24-100-98-21-37(63-43(77)19-61-57(92)46(27(2)74)72-55(41)90)51(86)67-36(59(94)95)17-29-7-11-31(76)12-8-29/h5-12,26-27,32-42,46,74-76H,3-4,13-25,60H2,1-2H3,(H,61,92)(H,62,91)(H,63,77)(H,64,87)(H,65,84)(H,66,88)(H,67,86)(H,68,82)(H,69,83)(H,70,85)(H,71,89)(H,72,90)(H,78,79)(H,80,81)(H,94,95)/t26-,27+,32-,33-,34-,35-,36-,37-,38-,39-,40-,41-,42-,46-/m0/s1. The first-order chi connectivity index (χ1) is 47.9. The number of nitrogens with two attached hydrogens (primary N) is 1. The van der Waals surface area contributed by atoms with Gasteiger partial charge in [0.2, 0.25) is 76.8 Å². The van der Waals surface area contributed by atoms with Crippen LogP contribution in [0.4, 0.5) is 0 Å². The Bertz CT molecular complexity index is 3400. The number of carbonyl (C=O) groups is 16. The van der Waals surface area contributed by atoms with E-state index in [0.717, 1.165) is 76.6 Å². The molecule has 101 heavy (non-hydrogen) atoms. The maximum absolute atomic E-state index is 15.1. The van der Waals surface area contributed by atoms with Gasteiger partial charge in [-0.25, -0.2) is 4.79 Å². The molecule has 0 aliphatic carbocycles. The summed E-state index contributed by atoms with van der Waals surface area (Å²) in [6.45, 7) is 1.11. The minimum atomic E-state index is -1.98. The number of nitrogens with one attached hydrogen (secondary N) is 12. The van der Waals surface area contributed by atoms with Gasteiger partial charge in [-0.2, -0.15) is 0 Å². The topological polar surface area (TPSA) is 568 Å². The van der Waals surface area contributed by atoms with Gasteiger partial charge >= 0.3 is 17.9 Å². The molecule has 4 aliphatic rings. The van der Waals surface area contributed by atoms with Gasteiger partial charge in [0, 0.05) is 60.3 Å². The molecule has 42 heteroatoms. The van der Waals surface area contributed by atoms with Crippen LogP contribution in [0.2, 0.25) is 0 Å². The molecule has 36 nitrogen and oxygen atoms in total. The summed E-state index contributed by atoms with van der Waals surface area (Å²) in [7, 11) is 4.65. The van der Waals surface area contributed by atoms with Gasteiger partial charge in [0.1, 0.15) is 84.0 Å². The maximum Gasteiger partial charge on any atom is 0.326 e. The average Bonchev–Trinajstić information content (AvgIpc) is 1.75. The van der Waals surface area contributed by atoms with E-state index in [1.54, 1.807) is 0 Å². The Balaban J connectivity index is 1.56. The van der Waals surface area contributed by atoms with E-state index in [1.165, 1.54) is 55.5 Å². The van der Waals surface area contributed by atoms with Gasteiger partial charge in [0.15, 0.2) is 0 Å². The fraction of sp³-hybridized carbons (Fsp3) is 0.525. The molecule has 0 unspecified atom stereocenters. The predicted molar refractivity (Wildman–Crippen MR) is 369 cm³/mol. The van der Waals surface area contributed by atoms with Gasteiger partial charge < -0.3 is 105 Å². The quantitative estimate of drug-likeness (QED) is 0.0658. The summed E-state index contributed by atoms with van der Waals surface area (Å²) in [5.41, 5.74) is 6.97. The van der Waals surface area contributed by atoms with E-state index in [4.69, 9.17) is 5.73 Å². The summed E-state index contributed by atoms with van der Waals surface area (Å²) >= 11 is 0. The molecule has 13 amide bonds. The zero-order valence-electron chi connectivity index (χ0n) is 54.0. The maximum atomic E-state index is 15.1. The molecule has 14 atom stereocenters. The number of benzene rings is 2. The van der Waals surface area contributed by atoms with Crippen LogP contribution in [0.3, 0.4) is 0 Å². The highest BCUT2D eigenvalue weighted by Gasteiger charge is 2.42. The van der Waals surface area contributed by atoms with Crippen molar-refractivity contribution in [2.75, 3.05) is 47.6 Å². The van der Waals surface area contributed by atoms with Crippen LogP contribution in [-0.2, 0) is 89.6 Å². The molecule has 4 heterocycles. The van der Waals surface area contributed by atoms with Gasteiger partial charge in [0.05, 0.1) is 25.1 Å². The van der Waals surface area contributed by atoms with Crippen molar-refractivity contribution < 1.29 is 107 Å². The lowest BCUT2D eigenvalue weighted by Crippen LogP contribution is -2.61. The number of aliphatic carboxylic acids is 3. The summed E-state index contributed by atoms with van der Waals surface area (Å²) < 4.78 is 0. The smallest absolute Gasteiger partial charge is 0.326 e. The molecular formula is C59H78N14O22S6. The number of rotatable bonds is 13. The minimum Gasteiger partial charge on any atom is -0.508 e. The zero-order valence-corrected chi connectivity index (χ0v) is 58.9. The number of fused-ring (bicyclic) bond motifs is 20. The van der Waals surface area contributed by atoms with Crippen LogP contribution in [0, 0.1) is 0 Å². The Hall–Kier alpha value is -8.42. The molecule has 4 bridgehead atoms. The van der Waals surface area contributed by atoms with Crippen LogP contribution in [0.15, 0.2) is 48.5 Å². The number of hydrogen-bond acceptors (Lipinski definition) is 26. The third kappa shape index (κ3) is 25.9. The number of amides is 13. The van der Waals surface area contributed by atoms with Crippen LogP contribution in [-0.4, -0.2) is 262 Å². The van der Waals surface area contributed by atoms with Crippen LogP contribution < -0.4 is 69.5 Å². The molecule has 6 rings (SSSR count). The van der Waals surface area contributed by atoms with Crippen molar-refractivity contribution in [3.8, 4) is 11.5 Å². The monoisotopic (exact) mass is 1530 g/mol. The average molecular weight is 1530 g/mol. The van der Waals surface area contributed by atoms with E-state index >= 15 is 9.59 Å². The second-order valence-electron chi connectivity index (χ2n) is 23.4. The highest BCUT2D eigenvalue weighted by atomic mass is 33.1. The zero-order chi connectivity index (χ0) is 74.2. The predicted octanol–water partition coefficient (Wildman–Crippen LogP) is -5.34. The van der Waals surface area contributed by atoms with E-state index in [2.05, 4.69) is 63.8 Å². The van der Waals surface area contributed by atoms with Gasteiger partial charge in [-0.15, -0.1) is 0 Å². The van der Waals surface area contributed by atoms with E-state index in [-0.39, 0.29) is 48.6 Å². The van der Waals surface area contributed by atoms with Crippen molar-refractivity contribution in [2.45, 2.75) is 143 Å². The number of carboxylic acid groups (broad SMARTS) is 3. The Morgan fingerprint density at radius 1 is 0.554 bits per heavy atom. The highest BCUT2D eigenvalue weighted by molar-refractivity contribution is 8.77. The Morgan fingerprint density at radius 2 is 1.04 bits per heavy atom. The van der Waals surface area contributed by atoms with E-state index in [0.29, 0.717) is 5.56 Å². The molecular weight excluding hydrogens is 1450 g/mol. The molecule has 20 N–H and O–H groups in total. The Morgan fingerprint density at radius 3 is 1.59 bits per heavy atom. The number of aliphatic hydroxyl groups is 1.